The minimum absolute atomic E-state index is 0.492. The zero-order valence-electron chi connectivity index (χ0n) is 7.93. The summed E-state index contributed by atoms with van der Waals surface area (Å²) in [4.78, 5) is 4.06. The topological polar surface area (TPSA) is 32.6 Å². The summed E-state index contributed by atoms with van der Waals surface area (Å²) >= 11 is 0. The zero-order valence-corrected chi connectivity index (χ0v) is 7.93. The second-order valence-electron chi connectivity index (χ2n) is 3.39. The molecule has 1 N–H and O–H groups in total. The van der Waals surface area contributed by atoms with Gasteiger partial charge in [0.1, 0.15) is 6.10 Å². The van der Waals surface area contributed by atoms with E-state index in [1.807, 2.05) is 36.5 Å². The molecular weight excluding hydrogens is 174 g/mol. The van der Waals surface area contributed by atoms with Gasteiger partial charge in [-0.2, -0.15) is 0 Å². The SMILES string of the molecule is OC(C1=CN=CCC1)c1ccccc1. The second kappa shape index (κ2) is 4.20. The van der Waals surface area contributed by atoms with Gasteiger partial charge < -0.3 is 5.11 Å². The molecule has 14 heavy (non-hydrogen) atoms. The van der Waals surface area contributed by atoms with Crippen molar-refractivity contribution in [3.05, 3.63) is 47.7 Å². The van der Waals surface area contributed by atoms with Crippen molar-refractivity contribution in [1.29, 1.82) is 0 Å². The van der Waals surface area contributed by atoms with Crippen LogP contribution in [0, 0.1) is 0 Å². The molecule has 0 fully saturated rings. The zero-order chi connectivity index (χ0) is 9.80. The number of benzene rings is 1. The maximum atomic E-state index is 10.0. The molecule has 1 aromatic rings. The number of aliphatic imine (C=N–C) groups is 1. The largest absolute Gasteiger partial charge is 0.384 e. The smallest absolute Gasteiger partial charge is 0.102 e. The molecule has 0 amide bonds. The second-order valence-corrected chi connectivity index (χ2v) is 3.39. The third kappa shape index (κ3) is 1.91. The molecule has 1 atom stereocenters. The van der Waals surface area contributed by atoms with E-state index in [1.165, 1.54) is 0 Å². The molecule has 1 aromatic carbocycles. The van der Waals surface area contributed by atoms with E-state index in [-0.39, 0.29) is 0 Å². The van der Waals surface area contributed by atoms with E-state index in [0.717, 1.165) is 24.0 Å². The molecule has 1 aliphatic heterocycles. The third-order valence-corrected chi connectivity index (χ3v) is 2.37. The summed E-state index contributed by atoms with van der Waals surface area (Å²) in [5, 5.41) is 10.0. The van der Waals surface area contributed by atoms with Gasteiger partial charge in [0, 0.05) is 12.4 Å². The number of rotatable bonds is 2. The first-order chi connectivity index (χ1) is 6.88. The average Bonchev–Trinajstić information content (AvgIpc) is 2.30. The standard InChI is InChI=1S/C12H13NO/c14-12(10-5-2-1-3-6-10)11-7-4-8-13-9-11/h1-3,5-6,8-9,12,14H,4,7H2. The lowest BCUT2D eigenvalue weighted by Gasteiger charge is -2.15. The molecule has 1 unspecified atom stereocenters. The first-order valence-corrected chi connectivity index (χ1v) is 4.81. The summed E-state index contributed by atoms with van der Waals surface area (Å²) in [5.41, 5.74) is 1.94. The molecule has 1 aliphatic rings. The van der Waals surface area contributed by atoms with Crippen molar-refractivity contribution >= 4 is 6.21 Å². The van der Waals surface area contributed by atoms with Crippen LogP contribution in [0.1, 0.15) is 24.5 Å². The highest BCUT2D eigenvalue weighted by Crippen LogP contribution is 2.25. The van der Waals surface area contributed by atoms with Crippen molar-refractivity contribution in [3.8, 4) is 0 Å². The van der Waals surface area contributed by atoms with Crippen LogP contribution in [0.15, 0.2) is 47.1 Å². The van der Waals surface area contributed by atoms with E-state index < -0.39 is 6.10 Å². The Balaban J connectivity index is 2.19. The molecule has 72 valence electrons. The first-order valence-electron chi connectivity index (χ1n) is 4.81. The maximum Gasteiger partial charge on any atom is 0.102 e. The fraction of sp³-hybridized carbons (Fsp3) is 0.250. The molecule has 0 spiro atoms. The van der Waals surface area contributed by atoms with Crippen LogP contribution >= 0.6 is 0 Å². The van der Waals surface area contributed by atoms with E-state index in [9.17, 15) is 5.11 Å². The summed E-state index contributed by atoms with van der Waals surface area (Å²) < 4.78 is 0. The van der Waals surface area contributed by atoms with Crippen LogP contribution in [0.2, 0.25) is 0 Å². The first kappa shape index (κ1) is 9.16. The lowest BCUT2D eigenvalue weighted by molar-refractivity contribution is 0.211. The predicted octanol–water partition coefficient (Wildman–Crippen LogP) is 2.47. The molecule has 0 aromatic heterocycles. The number of hydrogen-bond acceptors (Lipinski definition) is 2. The van der Waals surface area contributed by atoms with E-state index >= 15 is 0 Å². The Morgan fingerprint density at radius 3 is 2.64 bits per heavy atom. The van der Waals surface area contributed by atoms with Crippen LogP contribution in [0.4, 0.5) is 0 Å². The molecule has 2 rings (SSSR count). The van der Waals surface area contributed by atoms with E-state index in [4.69, 9.17) is 0 Å². The van der Waals surface area contributed by atoms with Gasteiger partial charge in [-0.15, -0.1) is 0 Å². The molecule has 1 heterocycles. The molecule has 0 bridgehead atoms. The van der Waals surface area contributed by atoms with E-state index in [1.54, 1.807) is 6.20 Å². The van der Waals surface area contributed by atoms with Crippen LogP contribution in [0.5, 0.6) is 0 Å². The Morgan fingerprint density at radius 1 is 1.21 bits per heavy atom. The van der Waals surface area contributed by atoms with Crippen molar-refractivity contribution in [2.45, 2.75) is 18.9 Å². The highest BCUT2D eigenvalue weighted by atomic mass is 16.3. The van der Waals surface area contributed by atoms with Gasteiger partial charge in [-0.3, -0.25) is 4.99 Å². The summed E-state index contributed by atoms with van der Waals surface area (Å²) in [6.07, 6.45) is 4.98. The van der Waals surface area contributed by atoms with E-state index in [2.05, 4.69) is 4.99 Å². The quantitative estimate of drug-likeness (QED) is 0.758. The highest BCUT2D eigenvalue weighted by molar-refractivity contribution is 5.60. The van der Waals surface area contributed by atoms with Crippen LogP contribution in [-0.4, -0.2) is 11.3 Å². The molecule has 0 aliphatic carbocycles. The van der Waals surface area contributed by atoms with Gasteiger partial charge in [0.05, 0.1) is 0 Å². The number of aliphatic hydroxyl groups excluding tert-OH is 1. The molecule has 0 saturated carbocycles. The summed E-state index contributed by atoms with van der Waals surface area (Å²) in [5.74, 6) is 0. The normalized spacial score (nSPS) is 17.6. The summed E-state index contributed by atoms with van der Waals surface area (Å²) in [7, 11) is 0. The van der Waals surface area contributed by atoms with Crippen LogP contribution in [0.25, 0.3) is 0 Å². The predicted molar refractivity (Wildman–Crippen MR) is 57.2 cm³/mol. The van der Waals surface area contributed by atoms with Crippen LogP contribution in [0.3, 0.4) is 0 Å². The minimum Gasteiger partial charge on any atom is -0.384 e. The molecule has 0 saturated heterocycles. The Morgan fingerprint density at radius 2 is 2.00 bits per heavy atom. The Labute approximate surface area is 83.6 Å². The Bertz CT molecular complexity index is 354. The van der Waals surface area contributed by atoms with Gasteiger partial charge in [-0.05, 0) is 24.0 Å². The highest BCUT2D eigenvalue weighted by Gasteiger charge is 2.13. The summed E-state index contributed by atoms with van der Waals surface area (Å²) in [6, 6.07) is 9.69. The third-order valence-electron chi connectivity index (χ3n) is 2.37. The van der Waals surface area contributed by atoms with Gasteiger partial charge >= 0.3 is 0 Å². The fourth-order valence-corrected chi connectivity index (χ4v) is 1.58. The van der Waals surface area contributed by atoms with Gasteiger partial charge in [-0.25, -0.2) is 0 Å². The average molecular weight is 187 g/mol. The monoisotopic (exact) mass is 187 g/mol. The number of nitrogens with zero attached hydrogens (tertiary/aromatic N) is 1. The molecule has 0 radical (unpaired) electrons. The number of hydrogen-bond donors (Lipinski definition) is 1. The fourth-order valence-electron chi connectivity index (χ4n) is 1.58. The molecule has 2 nitrogen and oxygen atoms in total. The van der Waals surface area contributed by atoms with Crippen molar-refractivity contribution in [2.24, 2.45) is 4.99 Å². The minimum atomic E-state index is -0.492. The Hall–Kier alpha value is -1.41. The van der Waals surface area contributed by atoms with Gasteiger partial charge in [0.25, 0.3) is 0 Å². The molecule has 2 heteroatoms. The number of aliphatic hydroxyl groups is 1. The van der Waals surface area contributed by atoms with Gasteiger partial charge in [0.2, 0.25) is 0 Å². The van der Waals surface area contributed by atoms with Crippen molar-refractivity contribution < 1.29 is 5.11 Å². The lowest BCUT2D eigenvalue weighted by Crippen LogP contribution is -2.03. The van der Waals surface area contributed by atoms with Gasteiger partial charge in [-0.1, -0.05) is 30.3 Å². The van der Waals surface area contributed by atoms with Crippen LogP contribution in [-0.2, 0) is 0 Å². The van der Waals surface area contributed by atoms with Crippen LogP contribution < -0.4 is 0 Å². The summed E-state index contributed by atoms with van der Waals surface area (Å²) in [6.45, 7) is 0. The van der Waals surface area contributed by atoms with Gasteiger partial charge in [0.15, 0.2) is 0 Å². The van der Waals surface area contributed by atoms with Crippen molar-refractivity contribution in [3.63, 3.8) is 0 Å². The lowest BCUT2D eigenvalue weighted by atomic mass is 9.98. The van der Waals surface area contributed by atoms with E-state index in [0.29, 0.717) is 0 Å². The molecular formula is C12H13NO. The van der Waals surface area contributed by atoms with Crippen molar-refractivity contribution in [1.82, 2.24) is 0 Å². The van der Waals surface area contributed by atoms with Crippen molar-refractivity contribution in [2.75, 3.05) is 0 Å². The Kier molecular flexibility index (Phi) is 2.75. The maximum absolute atomic E-state index is 10.0.